The summed E-state index contributed by atoms with van der Waals surface area (Å²) in [5.74, 6) is 0. The summed E-state index contributed by atoms with van der Waals surface area (Å²) in [5.41, 5.74) is 2.87. The Morgan fingerprint density at radius 3 is 2.79 bits per heavy atom. The van der Waals surface area contributed by atoms with Gasteiger partial charge in [-0.25, -0.2) is 0 Å². The molecule has 0 aliphatic carbocycles. The molecule has 0 atom stereocenters. The first-order chi connectivity index (χ1) is 6.84. The van der Waals surface area contributed by atoms with Gasteiger partial charge in [0.15, 0.2) is 0 Å². The Morgan fingerprint density at radius 1 is 1.29 bits per heavy atom. The van der Waals surface area contributed by atoms with Gasteiger partial charge in [-0.05, 0) is 37.3 Å². The van der Waals surface area contributed by atoms with Crippen LogP contribution in [-0.4, -0.2) is 0 Å². The lowest BCUT2D eigenvalue weighted by molar-refractivity contribution is 0.837. The van der Waals surface area contributed by atoms with Gasteiger partial charge < -0.3 is 0 Å². The first-order valence-electron chi connectivity index (χ1n) is 5.16. The van der Waals surface area contributed by atoms with E-state index in [1.54, 1.807) is 0 Å². The molecule has 0 heteroatoms. The Morgan fingerprint density at radius 2 is 2.07 bits per heavy atom. The number of unbranched alkanes of at least 4 members (excludes halogenated alkanes) is 1. The van der Waals surface area contributed by atoms with E-state index < -0.39 is 0 Å². The minimum atomic E-state index is 1.14. The predicted molar refractivity (Wildman–Crippen MR) is 63.5 cm³/mol. The van der Waals surface area contributed by atoms with Crippen molar-refractivity contribution in [1.82, 2.24) is 0 Å². The second-order valence-corrected chi connectivity index (χ2v) is 3.48. The highest BCUT2D eigenvalue weighted by Gasteiger charge is 1.94. The average molecular weight is 186 g/mol. The van der Waals surface area contributed by atoms with Gasteiger partial charge in [0.25, 0.3) is 0 Å². The molecule has 0 N–H and O–H groups in total. The summed E-state index contributed by atoms with van der Waals surface area (Å²) in [4.78, 5) is 0. The zero-order valence-electron chi connectivity index (χ0n) is 8.87. The summed E-state index contributed by atoms with van der Waals surface area (Å²) in [7, 11) is 0. The molecule has 0 spiro atoms. The van der Waals surface area contributed by atoms with Gasteiger partial charge >= 0.3 is 0 Å². The fraction of sp³-hybridized carbons (Fsp3) is 0.286. The highest BCUT2D eigenvalue weighted by atomic mass is 14.0. The van der Waals surface area contributed by atoms with Crippen molar-refractivity contribution in [3.63, 3.8) is 0 Å². The zero-order chi connectivity index (χ0) is 10.2. The van der Waals surface area contributed by atoms with Crippen molar-refractivity contribution < 1.29 is 0 Å². The van der Waals surface area contributed by atoms with E-state index in [1.807, 2.05) is 12.2 Å². The number of hydrogen-bond donors (Lipinski definition) is 0. The van der Waals surface area contributed by atoms with Gasteiger partial charge in [0.1, 0.15) is 0 Å². The lowest BCUT2D eigenvalue weighted by Gasteiger charge is -2.03. The summed E-state index contributed by atoms with van der Waals surface area (Å²) in [6.45, 7) is 5.82. The highest BCUT2D eigenvalue weighted by molar-refractivity contribution is 5.25. The minimum Gasteiger partial charge on any atom is -0.0991 e. The molecule has 0 aliphatic heterocycles. The summed E-state index contributed by atoms with van der Waals surface area (Å²) in [5, 5.41) is 0. The van der Waals surface area contributed by atoms with Crippen LogP contribution >= 0.6 is 0 Å². The Balaban J connectivity index is 2.35. The number of allylic oxidation sites excluding steroid dienone is 3. The maximum atomic E-state index is 3.64. The average Bonchev–Trinajstić information content (AvgIpc) is 2.20. The maximum Gasteiger partial charge on any atom is -0.0273 e. The van der Waals surface area contributed by atoms with Gasteiger partial charge in [-0.3, -0.25) is 0 Å². The van der Waals surface area contributed by atoms with E-state index in [0.717, 1.165) is 6.42 Å². The van der Waals surface area contributed by atoms with E-state index in [-0.39, 0.29) is 0 Å². The van der Waals surface area contributed by atoms with Gasteiger partial charge in [0.2, 0.25) is 0 Å². The van der Waals surface area contributed by atoms with E-state index in [9.17, 15) is 0 Å². The van der Waals surface area contributed by atoms with Gasteiger partial charge in [-0.1, -0.05) is 49.1 Å². The number of hydrogen-bond acceptors (Lipinski definition) is 0. The standard InChI is InChI=1S/C14H18/c1-3-4-5-6-7-11-14-12-9-8-10-13(14)2/h3-5,8-10,12H,1,6-7,11H2,2H3. The largest absolute Gasteiger partial charge is 0.0991 e. The molecule has 0 saturated heterocycles. The molecule has 1 rings (SSSR count). The molecule has 74 valence electrons. The molecule has 0 nitrogen and oxygen atoms in total. The molecule has 0 saturated carbocycles. The van der Waals surface area contributed by atoms with Crippen LogP contribution in [-0.2, 0) is 6.42 Å². The number of benzene rings is 1. The Bertz CT molecular complexity index is 308. The van der Waals surface area contributed by atoms with Crippen LogP contribution in [0.1, 0.15) is 24.0 Å². The van der Waals surface area contributed by atoms with Gasteiger partial charge in [0, 0.05) is 0 Å². The normalized spacial score (nSPS) is 10.6. The molecule has 0 aliphatic rings. The summed E-state index contributed by atoms with van der Waals surface area (Å²) in [6, 6.07) is 8.60. The molecule has 1 aromatic rings. The van der Waals surface area contributed by atoms with Gasteiger partial charge in [-0.15, -0.1) is 0 Å². The Labute approximate surface area is 87.0 Å². The predicted octanol–water partition coefficient (Wildman–Crippen LogP) is 4.06. The van der Waals surface area contributed by atoms with E-state index >= 15 is 0 Å². The van der Waals surface area contributed by atoms with Crippen LogP contribution in [0.4, 0.5) is 0 Å². The van der Waals surface area contributed by atoms with Crippen molar-refractivity contribution in [2.75, 3.05) is 0 Å². The van der Waals surface area contributed by atoms with Crippen LogP contribution in [0.15, 0.2) is 49.1 Å². The van der Waals surface area contributed by atoms with Crippen LogP contribution in [0, 0.1) is 6.92 Å². The Kier molecular flexibility index (Phi) is 4.77. The molecule has 0 unspecified atom stereocenters. The molecule has 14 heavy (non-hydrogen) atoms. The fourth-order valence-corrected chi connectivity index (χ4v) is 1.49. The van der Waals surface area contributed by atoms with Crippen LogP contribution in [0.2, 0.25) is 0 Å². The number of rotatable bonds is 5. The van der Waals surface area contributed by atoms with Gasteiger partial charge in [0.05, 0.1) is 0 Å². The van der Waals surface area contributed by atoms with E-state index in [0.29, 0.717) is 0 Å². The van der Waals surface area contributed by atoms with Crippen molar-refractivity contribution in [3.8, 4) is 0 Å². The van der Waals surface area contributed by atoms with E-state index in [4.69, 9.17) is 0 Å². The number of aryl methyl sites for hydroxylation is 2. The molecule has 1 aromatic carbocycles. The van der Waals surface area contributed by atoms with E-state index in [2.05, 4.69) is 43.8 Å². The first-order valence-corrected chi connectivity index (χ1v) is 5.16. The lowest BCUT2D eigenvalue weighted by Crippen LogP contribution is -1.88. The third kappa shape index (κ3) is 3.61. The molecule has 0 heterocycles. The second kappa shape index (κ2) is 6.20. The van der Waals surface area contributed by atoms with Crippen molar-refractivity contribution in [2.24, 2.45) is 0 Å². The van der Waals surface area contributed by atoms with Crippen LogP contribution in [0.3, 0.4) is 0 Å². The maximum absolute atomic E-state index is 3.64. The van der Waals surface area contributed by atoms with Crippen LogP contribution < -0.4 is 0 Å². The van der Waals surface area contributed by atoms with Crippen molar-refractivity contribution in [1.29, 1.82) is 0 Å². The quantitative estimate of drug-likeness (QED) is 0.480. The first kappa shape index (κ1) is 10.8. The minimum absolute atomic E-state index is 1.14. The van der Waals surface area contributed by atoms with Crippen molar-refractivity contribution >= 4 is 0 Å². The summed E-state index contributed by atoms with van der Waals surface area (Å²) in [6.07, 6.45) is 9.54. The molecule has 0 bridgehead atoms. The summed E-state index contributed by atoms with van der Waals surface area (Å²) < 4.78 is 0. The molecule has 0 aromatic heterocycles. The zero-order valence-corrected chi connectivity index (χ0v) is 8.87. The summed E-state index contributed by atoms with van der Waals surface area (Å²) >= 11 is 0. The SMILES string of the molecule is C=CC=CCCCc1ccccc1C. The fourth-order valence-electron chi connectivity index (χ4n) is 1.49. The monoisotopic (exact) mass is 186 g/mol. The lowest BCUT2D eigenvalue weighted by atomic mass is 10.0. The molecule has 0 amide bonds. The second-order valence-electron chi connectivity index (χ2n) is 3.48. The molecule has 0 fully saturated rings. The smallest absolute Gasteiger partial charge is 0.0273 e. The Hall–Kier alpha value is -1.30. The topological polar surface area (TPSA) is 0 Å². The van der Waals surface area contributed by atoms with Gasteiger partial charge in [-0.2, -0.15) is 0 Å². The molecular formula is C14H18. The van der Waals surface area contributed by atoms with E-state index in [1.165, 1.54) is 24.0 Å². The third-order valence-electron chi connectivity index (χ3n) is 2.35. The van der Waals surface area contributed by atoms with Crippen molar-refractivity contribution in [3.05, 3.63) is 60.2 Å². The van der Waals surface area contributed by atoms with Crippen LogP contribution in [0.25, 0.3) is 0 Å². The van der Waals surface area contributed by atoms with Crippen LogP contribution in [0.5, 0.6) is 0 Å². The van der Waals surface area contributed by atoms with Crippen molar-refractivity contribution in [2.45, 2.75) is 26.2 Å². The third-order valence-corrected chi connectivity index (χ3v) is 2.35. The molecular weight excluding hydrogens is 168 g/mol. The highest BCUT2D eigenvalue weighted by Crippen LogP contribution is 2.10. The molecule has 0 radical (unpaired) electrons.